The van der Waals surface area contributed by atoms with Gasteiger partial charge in [-0.15, -0.1) is 0 Å². The number of hydrogen-bond donors (Lipinski definition) is 1. The summed E-state index contributed by atoms with van der Waals surface area (Å²) in [5.41, 5.74) is 1.32. The summed E-state index contributed by atoms with van der Waals surface area (Å²) in [6.45, 7) is 3.84. The van der Waals surface area contributed by atoms with Gasteiger partial charge in [0.05, 0.1) is 30.6 Å². The molecule has 0 bridgehead atoms. The Morgan fingerprint density at radius 1 is 1.27 bits per heavy atom. The van der Waals surface area contributed by atoms with Gasteiger partial charge in [0.25, 0.3) is 0 Å². The number of aromatic nitrogens is 2. The van der Waals surface area contributed by atoms with Gasteiger partial charge in [-0.3, -0.25) is 4.68 Å². The van der Waals surface area contributed by atoms with Crippen molar-refractivity contribution in [3.8, 4) is 0 Å². The second-order valence-electron chi connectivity index (χ2n) is 6.57. The molecule has 0 aliphatic carbocycles. The molecule has 1 atom stereocenters. The zero-order valence-corrected chi connectivity index (χ0v) is 14.5. The van der Waals surface area contributed by atoms with E-state index in [1.54, 1.807) is 17.2 Å². The molecule has 1 aromatic carbocycles. The van der Waals surface area contributed by atoms with E-state index in [0.29, 0.717) is 50.8 Å². The van der Waals surface area contributed by atoms with Gasteiger partial charge in [-0.05, 0) is 30.7 Å². The quantitative estimate of drug-likeness (QED) is 0.914. The van der Waals surface area contributed by atoms with Gasteiger partial charge < -0.3 is 19.9 Å². The maximum Gasteiger partial charge on any atom is 0.321 e. The summed E-state index contributed by atoms with van der Waals surface area (Å²) in [6, 6.07) is 6.38. The van der Waals surface area contributed by atoms with E-state index in [-0.39, 0.29) is 17.9 Å². The first-order valence-electron chi connectivity index (χ1n) is 8.88. The molecule has 3 heterocycles. The van der Waals surface area contributed by atoms with Gasteiger partial charge in [0.1, 0.15) is 5.82 Å². The molecule has 2 fully saturated rings. The highest BCUT2D eigenvalue weighted by atomic mass is 19.1. The number of benzene rings is 1. The number of halogens is 1. The maximum absolute atomic E-state index is 13.8. The number of ether oxygens (including phenoxy) is 1. The molecule has 2 saturated heterocycles. The second kappa shape index (κ2) is 7.33. The minimum absolute atomic E-state index is 0.166. The molecular weight excluding hydrogens is 337 g/mol. The van der Waals surface area contributed by atoms with E-state index in [1.165, 1.54) is 12.1 Å². The number of hydrogen-bond acceptors (Lipinski definition) is 4. The van der Waals surface area contributed by atoms with Gasteiger partial charge >= 0.3 is 6.03 Å². The Morgan fingerprint density at radius 2 is 2.12 bits per heavy atom. The molecule has 0 saturated carbocycles. The fourth-order valence-corrected chi connectivity index (χ4v) is 3.51. The van der Waals surface area contributed by atoms with E-state index >= 15 is 0 Å². The smallest absolute Gasteiger partial charge is 0.321 e. The van der Waals surface area contributed by atoms with Crippen LogP contribution in [0.15, 0.2) is 36.7 Å². The van der Waals surface area contributed by atoms with Gasteiger partial charge in [0.15, 0.2) is 0 Å². The first-order valence-corrected chi connectivity index (χ1v) is 8.88. The summed E-state index contributed by atoms with van der Waals surface area (Å²) in [5, 5.41) is 7.21. The Kier molecular flexibility index (Phi) is 4.75. The Morgan fingerprint density at radius 3 is 2.88 bits per heavy atom. The van der Waals surface area contributed by atoms with Crippen LogP contribution in [0.1, 0.15) is 12.5 Å². The van der Waals surface area contributed by atoms with Crippen molar-refractivity contribution in [1.82, 2.24) is 14.7 Å². The summed E-state index contributed by atoms with van der Waals surface area (Å²) >= 11 is 0. The summed E-state index contributed by atoms with van der Waals surface area (Å²) in [5.74, 6) is -0.315. The normalized spacial score (nSPS) is 20.4. The number of anilines is 2. The van der Waals surface area contributed by atoms with E-state index < -0.39 is 0 Å². The van der Waals surface area contributed by atoms with Crippen LogP contribution in [0.5, 0.6) is 0 Å². The molecule has 2 aliphatic rings. The number of rotatable bonds is 3. The fraction of sp³-hybridized carbons (Fsp3) is 0.444. The number of carbonyl (C=O) groups excluding carboxylic acids is 1. The number of morpholine rings is 1. The summed E-state index contributed by atoms with van der Waals surface area (Å²) in [7, 11) is 0. The average molecular weight is 359 g/mol. The number of carbonyl (C=O) groups is 1. The van der Waals surface area contributed by atoms with E-state index in [0.717, 1.165) is 6.42 Å². The standard InChI is InChI=1S/C18H22FN5O2/c19-14-2-3-16(17(12-14)22-8-10-26-11-9-22)21-18(25)23-7-4-15(13-23)24-6-1-5-20-24/h1-3,5-6,12,15H,4,7-11,13H2,(H,21,25)/t15-/m0/s1. The van der Waals surface area contributed by atoms with E-state index in [2.05, 4.69) is 10.4 Å². The van der Waals surface area contributed by atoms with Crippen LogP contribution in [-0.4, -0.2) is 60.1 Å². The first kappa shape index (κ1) is 16.8. The van der Waals surface area contributed by atoms with E-state index in [9.17, 15) is 9.18 Å². The van der Waals surface area contributed by atoms with E-state index in [1.807, 2.05) is 21.8 Å². The molecule has 4 rings (SSSR count). The van der Waals surface area contributed by atoms with E-state index in [4.69, 9.17) is 4.74 Å². The minimum atomic E-state index is -0.315. The lowest BCUT2D eigenvalue weighted by molar-refractivity contribution is 0.122. The van der Waals surface area contributed by atoms with Crippen molar-refractivity contribution >= 4 is 17.4 Å². The predicted octanol–water partition coefficient (Wildman–Crippen LogP) is 2.34. The molecule has 2 amide bonds. The molecule has 0 radical (unpaired) electrons. The van der Waals surface area contributed by atoms with Crippen LogP contribution >= 0.6 is 0 Å². The Labute approximate surface area is 151 Å². The minimum Gasteiger partial charge on any atom is -0.378 e. The first-order chi connectivity index (χ1) is 12.7. The average Bonchev–Trinajstić information content (AvgIpc) is 3.35. The lowest BCUT2D eigenvalue weighted by atomic mass is 10.2. The van der Waals surface area contributed by atoms with Crippen molar-refractivity contribution in [1.29, 1.82) is 0 Å². The predicted molar refractivity (Wildman–Crippen MR) is 95.9 cm³/mol. The summed E-state index contributed by atoms with van der Waals surface area (Å²) in [6.07, 6.45) is 4.53. The van der Waals surface area contributed by atoms with Gasteiger partial charge in [0.2, 0.25) is 0 Å². The van der Waals surface area contributed by atoms with Gasteiger partial charge in [-0.25, -0.2) is 9.18 Å². The Bertz CT molecular complexity index is 761. The highest BCUT2D eigenvalue weighted by Gasteiger charge is 2.28. The highest BCUT2D eigenvalue weighted by Crippen LogP contribution is 2.29. The van der Waals surface area contributed by atoms with Gasteiger partial charge in [-0.2, -0.15) is 5.10 Å². The molecule has 1 aromatic heterocycles. The third-order valence-electron chi connectivity index (χ3n) is 4.90. The topological polar surface area (TPSA) is 62.6 Å². The number of nitrogens with one attached hydrogen (secondary N) is 1. The van der Waals surface area contributed by atoms with Crippen LogP contribution in [0.25, 0.3) is 0 Å². The molecule has 0 spiro atoms. The second-order valence-corrected chi connectivity index (χ2v) is 6.57. The van der Waals surface area contributed by atoms with Crippen LogP contribution in [0.2, 0.25) is 0 Å². The van der Waals surface area contributed by atoms with Crippen molar-refractivity contribution in [2.75, 3.05) is 49.6 Å². The molecule has 138 valence electrons. The number of nitrogens with zero attached hydrogens (tertiary/aromatic N) is 4. The van der Waals surface area contributed by atoms with Crippen molar-refractivity contribution < 1.29 is 13.9 Å². The van der Waals surface area contributed by atoms with Crippen molar-refractivity contribution in [3.05, 3.63) is 42.5 Å². The number of amides is 2. The van der Waals surface area contributed by atoms with Gasteiger partial charge in [-0.1, -0.05) is 0 Å². The number of likely N-dealkylation sites (tertiary alicyclic amines) is 1. The molecule has 0 unspecified atom stereocenters. The zero-order valence-electron chi connectivity index (χ0n) is 14.5. The molecule has 26 heavy (non-hydrogen) atoms. The van der Waals surface area contributed by atoms with Crippen LogP contribution < -0.4 is 10.2 Å². The van der Waals surface area contributed by atoms with Crippen molar-refractivity contribution in [2.45, 2.75) is 12.5 Å². The van der Waals surface area contributed by atoms with Crippen LogP contribution in [0, 0.1) is 5.82 Å². The molecule has 1 N–H and O–H groups in total. The molecule has 8 heteroatoms. The third-order valence-corrected chi connectivity index (χ3v) is 4.90. The Hall–Kier alpha value is -2.61. The maximum atomic E-state index is 13.8. The zero-order chi connectivity index (χ0) is 17.9. The molecule has 7 nitrogen and oxygen atoms in total. The molecule has 2 aromatic rings. The number of urea groups is 1. The summed E-state index contributed by atoms with van der Waals surface area (Å²) in [4.78, 5) is 16.5. The van der Waals surface area contributed by atoms with Crippen molar-refractivity contribution in [3.63, 3.8) is 0 Å². The largest absolute Gasteiger partial charge is 0.378 e. The van der Waals surface area contributed by atoms with Crippen LogP contribution in [0.4, 0.5) is 20.6 Å². The molecule has 2 aliphatic heterocycles. The monoisotopic (exact) mass is 359 g/mol. The Balaban J connectivity index is 1.46. The lowest BCUT2D eigenvalue weighted by Gasteiger charge is -2.31. The van der Waals surface area contributed by atoms with Gasteiger partial charge in [0, 0.05) is 38.6 Å². The van der Waals surface area contributed by atoms with Crippen LogP contribution in [0.3, 0.4) is 0 Å². The fourth-order valence-electron chi connectivity index (χ4n) is 3.51. The molecular formula is C18H22FN5O2. The lowest BCUT2D eigenvalue weighted by Crippen LogP contribution is -2.38. The SMILES string of the molecule is O=C(Nc1ccc(F)cc1N1CCOCC1)N1CC[C@H](n2cccn2)C1. The summed E-state index contributed by atoms with van der Waals surface area (Å²) < 4.78 is 21.0. The highest BCUT2D eigenvalue weighted by molar-refractivity contribution is 5.93. The van der Waals surface area contributed by atoms with Crippen LogP contribution in [-0.2, 0) is 4.74 Å². The third kappa shape index (κ3) is 3.50. The van der Waals surface area contributed by atoms with Crippen molar-refractivity contribution in [2.24, 2.45) is 0 Å².